The van der Waals surface area contributed by atoms with Crippen molar-refractivity contribution in [3.63, 3.8) is 0 Å². The third-order valence-corrected chi connectivity index (χ3v) is 2.42. The minimum absolute atomic E-state index is 0.251. The number of aromatic amines is 2. The summed E-state index contributed by atoms with van der Waals surface area (Å²) in [6.45, 7) is 4.03. The monoisotopic (exact) mass is 204 g/mol. The molecule has 1 aromatic heterocycles. The normalized spacial score (nSPS) is 11.1. The van der Waals surface area contributed by atoms with Crippen LogP contribution in [0.1, 0.15) is 25.3 Å². The molecule has 0 saturated heterocycles. The number of H-pyrrole nitrogens is 2. The van der Waals surface area contributed by atoms with Crippen molar-refractivity contribution < 1.29 is 0 Å². The number of nitrogens with one attached hydrogen (secondary N) is 2. The van der Waals surface area contributed by atoms with E-state index in [1.54, 1.807) is 6.07 Å². The van der Waals surface area contributed by atoms with Crippen LogP contribution in [0.15, 0.2) is 27.8 Å². The van der Waals surface area contributed by atoms with Crippen molar-refractivity contribution in [2.24, 2.45) is 0 Å². The van der Waals surface area contributed by atoms with Gasteiger partial charge in [-0.05, 0) is 17.5 Å². The van der Waals surface area contributed by atoms with Crippen LogP contribution < -0.4 is 11.2 Å². The van der Waals surface area contributed by atoms with Crippen molar-refractivity contribution in [2.45, 2.75) is 19.8 Å². The highest BCUT2D eigenvalue weighted by molar-refractivity contribution is 5.81. The van der Waals surface area contributed by atoms with Crippen molar-refractivity contribution in [1.29, 1.82) is 0 Å². The maximum atomic E-state index is 11.6. The fourth-order valence-corrected chi connectivity index (χ4v) is 1.73. The summed E-state index contributed by atoms with van der Waals surface area (Å²) in [4.78, 5) is 27.6. The lowest BCUT2D eigenvalue weighted by atomic mass is 9.99. The highest BCUT2D eigenvalue weighted by Crippen LogP contribution is 2.20. The van der Waals surface area contributed by atoms with Crippen LogP contribution in [0.5, 0.6) is 0 Å². The van der Waals surface area contributed by atoms with E-state index in [0.717, 1.165) is 5.56 Å². The van der Waals surface area contributed by atoms with Crippen LogP contribution in [-0.2, 0) is 0 Å². The first-order valence-electron chi connectivity index (χ1n) is 4.85. The van der Waals surface area contributed by atoms with E-state index in [4.69, 9.17) is 0 Å². The zero-order valence-corrected chi connectivity index (χ0v) is 8.63. The van der Waals surface area contributed by atoms with Crippen LogP contribution in [0.3, 0.4) is 0 Å². The van der Waals surface area contributed by atoms with Gasteiger partial charge < -0.3 is 4.98 Å². The minimum Gasteiger partial charge on any atom is -0.307 e. The van der Waals surface area contributed by atoms with Crippen LogP contribution >= 0.6 is 0 Å². The highest BCUT2D eigenvalue weighted by atomic mass is 16.2. The Labute approximate surface area is 86.0 Å². The lowest BCUT2D eigenvalue weighted by Crippen LogP contribution is -2.22. The number of aromatic nitrogens is 2. The molecule has 2 rings (SSSR count). The fourth-order valence-electron chi connectivity index (χ4n) is 1.73. The second kappa shape index (κ2) is 3.38. The Kier molecular flexibility index (Phi) is 2.19. The molecular formula is C11H12N2O2. The molecule has 0 aliphatic rings. The van der Waals surface area contributed by atoms with Gasteiger partial charge in [-0.1, -0.05) is 26.0 Å². The van der Waals surface area contributed by atoms with Gasteiger partial charge in [-0.15, -0.1) is 0 Å². The largest absolute Gasteiger partial charge is 0.326 e. The van der Waals surface area contributed by atoms with Crippen LogP contribution in [0.4, 0.5) is 0 Å². The zero-order chi connectivity index (χ0) is 11.0. The SMILES string of the molecule is CC(C)c1cccc2[nH]c(=O)[nH]c(=O)c12. The molecule has 1 heterocycles. The number of hydrogen-bond donors (Lipinski definition) is 2. The standard InChI is InChI=1S/C11H12N2O2/c1-6(2)7-4-3-5-8-9(7)10(14)13-11(15)12-8/h3-6H,1-2H3,(H2,12,13,14,15). The predicted octanol–water partition coefficient (Wildman–Crippen LogP) is 1.34. The fraction of sp³-hybridized carbons (Fsp3) is 0.273. The molecule has 1 aromatic carbocycles. The van der Waals surface area contributed by atoms with E-state index in [-0.39, 0.29) is 11.5 Å². The molecule has 2 aromatic rings. The molecule has 0 bridgehead atoms. The smallest absolute Gasteiger partial charge is 0.307 e. The molecule has 0 radical (unpaired) electrons. The van der Waals surface area contributed by atoms with Crippen molar-refractivity contribution in [3.05, 3.63) is 44.6 Å². The molecular weight excluding hydrogens is 192 g/mol. The first kappa shape index (κ1) is 9.71. The predicted molar refractivity (Wildman–Crippen MR) is 59.3 cm³/mol. The van der Waals surface area contributed by atoms with Crippen molar-refractivity contribution in [1.82, 2.24) is 9.97 Å². The van der Waals surface area contributed by atoms with E-state index in [1.807, 2.05) is 26.0 Å². The van der Waals surface area contributed by atoms with Crippen LogP contribution in [0.2, 0.25) is 0 Å². The Morgan fingerprint density at radius 2 is 1.87 bits per heavy atom. The van der Waals surface area contributed by atoms with E-state index in [2.05, 4.69) is 9.97 Å². The van der Waals surface area contributed by atoms with Crippen molar-refractivity contribution in [2.75, 3.05) is 0 Å². The number of fused-ring (bicyclic) bond motifs is 1. The Morgan fingerprint density at radius 3 is 2.53 bits per heavy atom. The Morgan fingerprint density at radius 1 is 1.13 bits per heavy atom. The van der Waals surface area contributed by atoms with Crippen LogP contribution in [-0.4, -0.2) is 9.97 Å². The summed E-state index contributed by atoms with van der Waals surface area (Å²) in [6.07, 6.45) is 0. The Hall–Kier alpha value is -1.84. The molecule has 0 fully saturated rings. The van der Waals surface area contributed by atoms with Crippen LogP contribution in [0.25, 0.3) is 10.9 Å². The average molecular weight is 204 g/mol. The van der Waals surface area contributed by atoms with Gasteiger partial charge in [0.05, 0.1) is 10.9 Å². The second-order valence-electron chi connectivity index (χ2n) is 3.83. The summed E-state index contributed by atoms with van der Waals surface area (Å²) in [5.41, 5.74) is 0.756. The number of benzene rings is 1. The second-order valence-corrected chi connectivity index (χ2v) is 3.83. The molecule has 0 saturated carbocycles. The summed E-state index contributed by atoms with van der Waals surface area (Å²) in [7, 11) is 0. The van der Waals surface area contributed by atoms with E-state index >= 15 is 0 Å². The van der Waals surface area contributed by atoms with Gasteiger partial charge in [-0.3, -0.25) is 9.78 Å². The molecule has 0 unspecified atom stereocenters. The third-order valence-electron chi connectivity index (χ3n) is 2.42. The van der Waals surface area contributed by atoms with Gasteiger partial charge >= 0.3 is 5.69 Å². The molecule has 0 amide bonds. The molecule has 78 valence electrons. The van der Waals surface area contributed by atoms with Gasteiger partial charge in [0.1, 0.15) is 0 Å². The highest BCUT2D eigenvalue weighted by Gasteiger charge is 2.08. The van der Waals surface area contributed by atoms with Gasteiger partial charge in [0, 0.05) is 0 Å². The Balaban J connectivity index is 2.98. The van der Waals surface area contributed by atoms with E-state index in [1.165, 1.54) is 0 Å². The van der Waals surface area contributed by atoms with Gasteiger partial charge in [-0.2, -0.15) is 0 Å². The van der Waals surface area contributed by atoms with Gasteiger partial charge in [-0.25, -0.2) is 4.79 Å². The zero-order valence-electron chi connectivity index (χ0n) is 8.63. The number of rotatable bonds is 1. The lowest BCUT2D eigenvalue weighted by Gasteiger charge is -2.07. The average Bonchev–Trinajstić information content (AvgIpc) is 2.16. The maximum absolute atomic E-state index is 11.6. The summed E-state index contributed by atoms with van der Waals surface area (Å²) < 4.78 is 0. The van der Waals surface area contributed by atoms with Crippen LogP contribution in [0, 0.1) is 0 Å². The number of hydrogen-bond acceptors (Lipinski definition) is 2. The van der Waals surface area contributed by atoms with E-state index in [9.17, 15) is 9.59 Å². The summed E-state index contributed by atoms with van der Waals surface area (Å²) in [5.74, 6) is 0.251. The molecule has 0 aliphatic carbocycles. The first-order valence-corrected chi connectivity index (χ1v) is 4.85. The summed E-state index contributed by atoms with van der Waals surface area (Å²) >= 11 is 0. The summed E-state index contributed by atoms with van der Waals surface area (Å²) in [6, 6.07) is 5.48. The lowest BCUT2D eigenvalue weighted by molar-refractivity contribution is 0.872. The maximum Gasteiger partial charge on any atom is 0.326 e. The Bertz CT molecular complexity index is 608. The van der Waals surface area contributed by atoms with E-state index in [0.29, 0.717) is 10.9 Å². The molecule has 2 N–H and O–H groups in total. The summed E-state index contributed by atoms with van der Waals surface area (Å²) in [5, 5.41) is 0.576. The van der Waals surface area contributed by atoms with Gasteiger partial charge in [0.15, 0.2) is 0 Å². The molecule has 4 heteroatoms. The van der Waals surface area contributed by atoms with Gasteiger partial charge in [0.25, 0.3) is 5.56 Å². The van der Waals surface area contributed by atoms with Gasteiger partial charge in [0.2, 0.25) is 0 Å². The van der Waals surface area contributed by atoms with E-state index < -0.39 is 5.69 Å². The topological polar surface area (TPSA) is 65.7 Å². The van der Waals surface area contributed by atoms with Crippen molar-refractivity contribution in [3.8, 4) is 0 Å². The third kappa shape index (κ3) is 1.58. The molecule has 4 nitrogen and oxygen atoms in total. The molecule has 15 heavy (non-hydrogen) atoms. The molecule has 0 aliphatic heterocycles. The first-order chi connectivity index (χ1) is 7.09. The van der Waals surface area contributed by atoms with Crippen molar-refractivity contribution >= 4 is 10.9 Å². The quantitative estimate of drug-likeness (QED) is 0.736. The minimum atomic E-state index is -0.464. The molecule has 0 spiro atoms. The molecule has 0 atom stereocenters.